The molecule has 1 aliphatic heterocycles. The monoisotopic (exact) mass is 490 g/mol. The van der Waals surface area contributed by atoms with Gasteiger partial charge >= 0.3 is 0 Å². The van der Waals surface area contributed by atoms with E-state index in [1.54, 1.807) is 17.0 Å². The third-order valence-electron chi connectivity index (χ3n) is 6.83. The molecule has 2 aliphatic rings. The van der Waals surface area contributed by atoms with E-state index in [1.807, 2.05) is 12.1 Å². The molecule has 3 aromatic heterocycles. The molecule has 0 atom stereocenters. The first kappa shape index (κ1) is 23.9. The van der Waals surface area contributed by atoms with Crippen molar-refractivity contribution in [2.45, 2.75) is 38.6 Å². The molecule has 1 aliphatic carbocycles. The number of carbonyl (C=O) groups excluding carboxylic acids is 2. The van der Waals surface area contributed by atoms with Gasteiger partial charge in [-0.15, -0.1) is 0 Å². The third-order valence-corrected chi connectivity index (χ3v) is 6.83. The largest absolute Gasteiger partial charge is 0.354 e. The van der Waals surface area contributed by atoms with E-state index in [0.717, 1.165) is 63.4 Å². The quantitative estimate of drug-likeness (QED) is 0.553. The highest BCUT2D eigenvalue weighted by Gasteiger charge is 2.25. The Balaban J connectivity index is 1.45. The molecule has 3 aromatic rings. The van der Waals surface area contributed by atoms with Crippen molar-refractivity contribution in [3.05, 3.63) is 46.5 Å². The third kappa shape index (κ3) is 4.92. The highest BCUT2D eigenvalue weighted by atomic mass is 16.2. The molecule has 2 N–H and O–H groups in total. The first-order chi connectivity index (χ1) is 17.4. The number of hydrogen-bond donors (Lipinski definition) is 2. The summed E-state index contributed by atoms with van der Waals surface area (Å²) >= 11 is 0. The Morgan fingerprint density at radius 3 is 2.44 bits per heavy atom. The number of anilines is 3. The summed E-state index contributed by atoms with van der Waals surface area (Å²) in [5.74, 6) is 0.0353. The average molecular weight is 491 g/mol. The molecule has 2 amide bonds. The Morgan fingerprint density at radius 2 is 1.78 bits per heavy atom. The van der Waals surface area contributed by atoms with E-state index in [9.17, 15) is 14.4 Å². The van der Waals surface area contributed by atoms with Gasteiger partial charge in [0.2, 0.25) is 11.9 Å². The SMILES string of the molecule is CC(=O)NC(=O)c1cc2cnc(Nc3ccc(N4CCN(C)CC4)nc3)nc2n(C2CCCC2)c1=O. The lowest BCUT2D eigenvalue weighted by molar-refractivity contribution is -0.118. The lowest BCUT2D eigenvalue weighted by Crippen LogP contribution is -2.44. The Bertz CT molecular complexity index is 1340. The second kappa shape index (κ2) is 10.0. The number of rotatable bonds is 5. The molecule has 11 nitrogen and oxygen atoms in total. The van der Waals surface area contributed by atoms with E-state index in [0.29, 0.717) is 17.0 Å². The summed E-state index contributed by atoms with van der Waals surface area (Å²) in [6, 6.07) is 5.31. The number of aromatic nitrogens is 4. The minimum Gasteiger partial charge on any atom is -0.354 e. The van der Waals surface area contributed by atoms with Crippen molar-refractivity contribution in [1.82, 2.24) is 29.7 Å². The summed E-state index contributed by atoms with van der Waals surface area (Å²) in [6.45, 7) is 5.13. The maximum Gasteiger partial charge on any atom is 0.265 e. The number of carbonyl (C=O) groups is 2. The standard InChI is InChI=1S/C25H30N8O3/c1-16(34)28-23(35)20-13-17-14-27-25(30-22(17)33(24(20)36)19-5-3-4-6-19)29-18-7-8-21(26-15-18)32-11-9-31(2)10-12-32/h7-8,13-15,19H,3-6,9-12H2,1-2H3,(H,27,29,30)(H,28,34,35). The normalized spacial score (nSPS) is 16.9. The Labute approximate surface area is 208 Å². The molecule has 188 valence electrons. The molecule has 0 spiro atoms. The number of pyridine rings is 2. The molecule has 11 heteroatoms. The van der Waals surface area contributed by atoms with Gasteiger partial charge in [0, 0.05) is 50.7 Å². The van der Waals surface area contributed by atoms with Crippen molar-refractivity contribution in [1.29, 1.82) is 0 Å². The maximum absolute atomic E-state index is 13.4. The fourth-order valence-electron chi connectivity index (χ4n) is 4.88. The summed E-state index contributed by atoms with van der Waals surface area (Å²) in [7, 11) is 2.12. The fraction of sp³-hybridized carbons (Fsp3) is 0.440. The number of likely N-dealkylation sites (N-methyl/N-ethyl adjacent to an activating group) is 1. The molecule has 1 saturated heterocycles. The topological polar surface area (TPSA) is 125 Å². The van der Waals surface area contributed by atoms with Gasteiger partial charge in [0.1, 0.15) is 17.0 Å². The van der Waals surface area contributed by atoms with E-state index < -0.39 is 17.4 Å². The summed E-state index contributed by atoms with van der Waals surface area (Å²) < 4.78 is 1.60. The van der Waals surface area contributed by atoms with Gasteiger partial charge in [0.05, 0.1) is 11.9 Å². The minimum atomic E-state index is -0.713. The molecule has 1 saturated carbocycles. The first-order valence-corrected chi connectivity index (χ1v) is 12.3. The van der Waals surface area contributed by atoms with Crippen LogP contribution in [-0.2, 0) is 4.79 Å². The van der Waals surface area contributed by atoms with Crippen LogP contribution in [-0.4, -0.2) is 69.5 Å². The van der Waals surface area contributed by atoms with Gasteiger partial charge in [0.25, 0.3) is 11.5 Å². The predicted octanol–water partition coefficient (Wildman–Crippen LogP) is 2.07. The number of nitrogens with zero attached hydrogens (tertiary/aromatic N) is 6. The van der Waals surface area contributed by atoms with E-state index in [-0.39, 0.29) is 11.6 Å². The summed E-state index contributed by atoms with van der Waals surface area (Å²) in [5.41, 5.74) is 0.666. The molecule has 4 heterocycles. The van der Waals surface area contributed by atoms with Crippen molar-refractivity contribution >= 4 is 40.3 Å². The molecule has 0 bridgehead atoms. The average Bonchev–Trinajstić information content (AvgIpc) is 3.39. The highest BCUT2D eigenvalue weighted by Crippen LogP contribution is 2.31. The van der Waals surface area contributed by atoms with Crippen LogP contribution in [0.5, 0.6) is 0 Å². The van der Waals surface area contributed by atoms with Crippen LogP contribution in [0.1, 0.15) is 49.0 Å². The van der Waals surface area contributed by atoms with Crippen molar-refractivity contribution < 1.29 is 9.59 Å². The van der Waals surface area contributed by atoms with Crippen molar-refractivity contribution in [2.24, 2.45) is 0 Å². The lowest BCUT2D eigenvalue weighted by Gasteiger charge is -2.33. The second-order valence-corrected chi connectivity index (χ2v) is 9.47. The fourth-order valence-corrected chi connectivity index (χ4v) is 4.88. The number of amides is 2. The summed E-state index contributed by atoms with van der Waals surface area (Å²) in [6.07, 6.45) is 7.01. The van der Waals surface area contributed by atoms with E-state index in [1.165, 1.54) is 13.0 Å². The van der Waals surface area contributed by atoms with Crippen molar-refractivity contribution in [2.75, 3.05) is 43.4 Å². The van der Waals surface area contributed by atoms with Crippen LogP contribution in [0.4, 0.5) is 17.5 Å². The molecular formula is C25H30N8O3. The molecule has 2 fully saturated rings. The second-order valence-electron chi connectivity index (χ2n) is 9.47. The number of hydrogen-bond acceptors (Lipinski definition) is 9. The van der Waals surface area contributed by atoms with Gasteiger partial charge in [-0.3, -0.25) is 24.3 Å². The van der Waals surface area contributed by atoms with Crippen LogP contribution in [0.3, 0.4) is 0 Å². The first-order valence-electron chi connectivity index (χ1n) is 12.3. The Kier molecular flexibility index (Phi) is 6.64. The van der Waals surface area contributed by atoms with E-state index in [4.69, 9.17) is 0 Å². The van der Waals surface area contributed by atoms with Gasteiger partial charge in [-0.2, -0.15) is 4.98 Å². The van der Waals surface area contributed by atoms with Crippen LogP contribution in [0.25, 0.3) is 11.0 Å². The molecule has 0 unspecified atom stereocenters. The van der Waals surface area contributed by atoms with Crippen molar-refractivity contribution in [3.8, 4) is 0 Å². The number of piperazine rings is 1. The maximum atomic E-state index is 13.4. The van der Waals surface area contributed by atoms with Crippen LogP contribution in [0.2, 0.25) is 0 Å². The zero-order valence-corrected chi connectivity index (χ0v) is 20.5. The molecule has 0 aromatic carbocycles. The lowest BCUT2D eigenvalue weighted by atomic mass is 10.1. The van der Waals surface area contributed by atoms with Crippen LogP contribution in [0.15, 0.2) is 35.4 Å². The Hall–Kier alpha value is -3.86. The summed E-state index contributed by atoms with van der Waals surface area (Å²) in [4.78, 5) is 55.5. The molecule has 36 heavy (non-hydrogen) atoms. The number of imide groups is 1. The van der Waals surface area contributed by atoms with Gasteiger partial charge in [-0.25, -0.2) is 9.97 Å². The van der Waals surface area contributed by atoms with Crippen LogP contribution >= 0.6 is 0 Å². The smallest absolute Gasteiger partial charge is 0.265 e. The number of nitrogens with one attached hydrogen (secondary N) is 2. The minimum absolute atomic E-state index is 0.0580. The molecular weight excluding hydrogens is 460 g/mol. The summed E-state index contributed by atoms with van der Waals surface area (Å²) in [5, 5.41) is 5.94. The zero-order chi connectivity index (χ0) is 25.2. The van der Waals surface area contributed by atoms with Crippen LogP contribution < -0.4 is 21.1 Å². The van der Waals surface area contributed by atoms with Gasteiger partial charge in [-0.1, -0.05) is 12.8 Å². The predicted molar refractivity (Wildman–Crippen MR) is 137 cm³/mol. The zero-order valence-electron chi connectivity index (χ0n) is 20.5. The van der Waals surface area contributed by atoms with Gasteiger partial charge in [0.15, 0.2) is 0 Å². The van der Waals surface area contributed by atoms with Crippen molar-refractivity contribution in [3.63, 3.8) is 0 Å². The van der Waals surface area contributed by atoms with Crippen LogP contribution in [0, 0.1) is 0 Å². The van der Waals surface area contributed by atoms with E-state index >= 15 is 0 Å². The number of fused-ring (bicyclic) bond motifs is 1. The van der Waals surface area contributed by atoms with Gasteiger partial charge < -0.3 is 15.1 Å². The highest BCUT2D eigenvalue weighted by molar-refractivity contribution is 6.05. The molecule has 0 radical (unpaired) electrons. The Morgan fingerprint density at radius 1 is 1.03 bits per heavy atom. The molecule has 5 rings (SSSR count). The van der Waals surface area contributed by atoms with E-state index in [2.05, 4.69) is 42.4 Å². The van der Waals surface area contributed by atoms with Gasteiger partial charge in [-0.05, 0) is 38.1 Å².